The van der Waals surface area contributed by atoms with Gasteiger partial charge >= 0.3 is 0 Å². The van der Waals surface area contributed by atoms with Crippen LogP contribution in [0.2, 0.25) is 0 Å². The van der Waals surface area contributed by atoms with E-state index in [1.165, 1.54) is 6.07 Å². The zero-order valence-electron chi connectivity index (χ0n) is 11.4. The summed E-state index contributed by atoms with van der Waals surface area (Å²) in [5.74, 6) is 0.592. The minimum atomic E-state index is -0.252. The summed E-state index contributed by atoms with van der Waals surface area (Å²) in [5.41, 5.74) is 0.569. The highest BCUT2D eigenvalue weighted by molar-refractivity contribution is 5.25. The largest absolute Gasteiger partial charge is 0.339 e. The highest BCUT2D eigenvalue weighted by Crippen LogP contribution is 2.24. The van der Waals surface area contributed by atoms with Crippen LogP contribution in [-0.2, 0) is 6.42 Å². The Morgan fingerprint density at radius 3 is 2.74 bits per heavy atom. The molecule has 0 spiro atoms. The second kappa shape index (κ2) is 5.93. The molecule has 2 rings (SSSR count). The van der Waals surface area contributed by atoms with E-state index in [0.29, 0.717) is 23.7 Å². The normalized spacial score (nSPS) is 14.3. The van der Waals surface area contributed by atoms with Crippen molar-refractivity contribution < 1.29 is 8.91 Å². The topological polar surface area (TPSA) is 51.0 Å². The van der Waals surface area contributed by atoms with Crippen LogP contribution in [0.5, 0.6) is 0 Å². The van der Waals surface area contributed by atoms with Crippen LogP contribution in [0.15, 0.2) is 28.8 Å². The van der Waals surface area contributed by atoms with E-state index in [1.807, 2.05) is 20.9 Å². The number of nitrogens with one attached hydrogen (secondary N) is 1. The number of rotatable bonds is 5. The Balaban J connectivity index is 2.16. The Hall–Kier alpha value is -1.75. The molecule has 0 saturated carbocycles. The van der Waals surface area contributed by atoms with Gasteiger partial charge in [-0.2, -0.15) is 4.98 Å². The summed E-state index contributed by atoms with van der Waals surface area (Å²) in [6.45, 7) is 3.90. The SMILES string of the molecule is CNC(C)Cc1noc(C(C)c2ccccc2F)n1. The Morgan fingerprint density at radius 2 is 2.05 bits per heavy atom. The molecule has 0 aliphatic heterocycles. The highest BCUT2D eigenvalue weighted by atomic mass is 19.1. The molecule has 1 aromatic heterocycles. The van der Waals surface area contributed by atoms with Crippen LogP contribution >= 0.6 is 0 Å². The molecule has 19 heavy (non-hydrogen) atoms. The average molecular weight is 263 g/mol. The van der Waals surface area contributed by atoms with Crippen LogP contribution in [0.3, 0.4) is 0 Å². The van der Waals surface area contributed by atoms with Gasteiger partial charge in [0.15, 0.2) is 5.82 Å². The summed E-state index contributed by atoms with van der Waals surface area (Å²) in [4.78, 5) is 4.33. The fourth-order valence-electron chi connectivity index (χ4n) is 1.86. The molecule has 0 aliphatic rings. The van der Waals surface area contributed by atoms with Crippen LogP contribution in [0, 0.1) is 5.82 Å². The minimum Gasteiger partial charge on any atom is -0.339 e. The van der Waals surface area contributed by atoms with Crippen molar-refractivity contribution in [1.82, 2.24) is 15.5 Å². The van der Waals surface area contributed by atoms with E-state index >= 15 is 0 Å². The van der Waals surface area contributed by atoms with Crippen molar-refractivity contribution in [3.63, 3.8) is 0 Å². The maximum absolute atomic E-state index is 13.7. The van der Waals surface area contributed by atoms with Crippen LogP contribution < -0.4 is 5.32 Å². The van der Waals surface area contributed by atoms with Crippen molar-refractivity contribution in [2.24, 2.45) is 0 Å². The second-order valence-electron chi connectivity index (χ2n) is 4.69. The van der Waals surface area contributed by atoms with E-state index in [4.69, 9.17) is 4.52 Å². The van der Waals surface area contributed by atoms with Crippen molar-refractivity contribution >= 4 is 0 Å². The Kier molecular flexibility index (Phi) is 4.27. The molecular formula is C14H18FN3O. The Morgan fingerprint density at radius 1 is 1.32 bits per heavy atom. The van der Waals surface area contributed by atoms with Gasteiger partial charge in [-0.15, -0.1) is 0 Å². The summed E-state index contributed by atoms with van der Waals surface area (Å²) < 4.78 is 18.9. The molecule has 1 aromatic carbocycles. The number of hydrogen-bond donors (Lipinski definition) is 1. The molecule has 2 aromatic rings. The first-order valence-corrected chi connectivity index (χ1v) is 6.36. The van der Waals surface area contributed by atoms with Gasteiger partial charge in [-0.1, -0.05) is 23.4 Å². The Labute approximate surface area is 112 Å². The van der Waals surface area contributed by atoms with Crippen LogP contribution in [0.1, 0.15) is 37.0 Å². The molecule has 0 aliphatic carbocycles. The smallest absolute Gasteiger partial charge is 0.234 e. The van der Waals surface area contributed by atoms with Gasteiger partial charge in [0, 0.05) is 12.5 Å². The summed E-state index contributed by atoms with van der Waals surface area (Å²) >= 11 is 0. The van der Waals surface area contributed by atoms with E-state index in [0.717, 1.165) is 0 Å². The van der Waals surface area contributed by atoms with Crippen molar-refractivity contribution in [2.45, 2.75) is 32.2 Å². The molecule has 0 bridgehead atoms. The number of likely N-dealkylation sites (N-methyl/N-ethyl adjacent to an activating group) is 1. The third-order valence-electron chi connectivity index (χ3n) is 3.21. The first-order chi connectivity index (χ1) is 9.11. The first-order valence-electron chi connectivity index (χ1n) is 6.36. The van der Waals surface area contributed by atoms with Crippen LogP contribution in [0.25, 0.3) is 0 Å². The van der Waals surface area contributed by atoms with Crippen molar-refractivity contribution in [2.75, 3.05) is 7.05 Å². The van der Waals surface area contributed by atoms with E-state index < -0.39 is 0 Å². The van der Waals surface area contributed by atoms with E-state index in [2.05, 4.69) is 15.5 Å². The van der Waals surface area contributed by atoms with Crippen LogP contribution in [-0.4, -0.2) is 23.2 Å². The number of aromatic nitrogens is 2. The molecule has 1 heterocycles. The van der Waals surface area contributed by atoms with Gasteiger partial charge in [0.1, 0.15) is 5.82 Å². The van der Waals surface area contributed by atoms with Crippen molar-refractivity contribution in [1.29, 1.82) is 0 Å². The summed E-state index contributed by atoms with van der Waals surface area (Å²) in [5, 5.41) is 7.04. The third kappa shape index (κ3) is 3.17. The number of halogens is 1. The summed E-state index contributed by atoms with van der Waals surface area (Å²) in [6, 6.07) is 6.91. The quantitative estimate of drug-likeness (QED) is 0.900. The van der Waals surface area contributed by atoms with Crippen LogP contribution in [0.4, 0.5) is 4.39 Å². The lowest BCUT2D eigenvalue weighted by molar-refractivity contribution is 0.361. The lowest BCUT2D eigenvalue weighted by Gasteiger charge is -2.07. The third-order valence-corrected chi connectivity index (χ3v) is 3.21. The molecule has 0 radical (unpaired) electrons. The zero-order valence-corrected chi connectivity index (χ0v) is 11.4. The van der Waals surface area contributed by atoms with Crippen molar-refractivity contribution in [3.8, 4) is 0 Å². The zero-order chi connectivity index (χ0) is 13.8. The molecule has 102 valence electrons. The molecule has 4 nitrogen and oxygen atoms in total. The monoisotopic (exact) mass is 263 g/mol. The molecular weight excluding hydrogens is 245 g/mol. The van der Waals surface area contributed by atoms with Gasteiger partial charge in [-0.3, -0.25) is 0 Å². The number of benzene rings is 1. The van der Waals surface area contributed by atoms with Gasteiger partial charge in [0.05, 0.1) is 5.92 Å². The van der Waals surface area contributed by atoms with E-state index in [9.17, 15) is 4.39 Å². The summed E-state index contributed by atoms with van der Waals surface area (Å²) in [7, 11) is 1.88. The maximum Gasteiger partial charge on any atom is 0.234 e. The summed E-state index contributed by atoms with van der Waals surface area (Å²) in [6.07, 6.45) is 0.685. The molecule has 2 unspecified atom stereocenters. The first kappa shape index (κ1) is 13.7. The highest BCUT2D eigenvalue weighted by Gasteiger charge is 2.19. The molecule has 1 N–H and O–H groups in total. The molecule has 0 saturated heterocycles. The van der Waals surface area contributed by atoms with Gasteiger partial charge in [-0.25, -0.2) is 4.39 Å². The van der Waals surface area contributed by atoms with Gasteiger partial charge in [0.2, 0.25) is 5.89 Å². The minimum absolute atomic E-state index is 0.243. The van der Waals surface area contributed by atoms with E-state index in [1.54, 1.807) is 18.2 Å². The molecule has 2 atom stereocenters. The average Bonchev–Trinajstić information content (AvgIpc) is 2.87. The Bertz CT molecular complexity index is 541. The molecule has 0 fully saturated rings. The van der Waals surface area contributed by atoms with E-state index in [-0.39, 0.29) is 17.8 Å². The number of hydrogen-bond acceptors (Lipinski definition) is 4. The number of nitrogens with zero attached hydrogens (tertiary/aromatic N) is 2. The molecule has 5 heteroatoms. The fourth-order valence-corrected chi connectivity index (χ4v) is 1.86. The molecule has 0 amide bonds. The fraction of sp³-hybridized carbons (Fsp3) is 0.429. The lowest BCUT2D eigenvalue weighted by Crippen LogP contribution is -2.24. The van der Waals surface area contributed by atoms with Gasteiger partial charge < -0.3 is 9.84 Å². The standard InChI is InChI=1S/C14H18FN3O/c1-9(16-3)8-13-17-14(19-18-13)10(2)11-6-4-5-7-12(11)15/h4-7,9-10,16H,8H2,1-3H3. The lowest BCUT2D eigenvalue weighted by atomic mass is 10.0. The maximum atomic E-state index is 13.7. The van der Waals surface area contributed by atoms with Crippen molar-refractivity contribution in [3.05, 3.63) is 47.4 Å². The second-order valence-corrected chi connectivity index (χ2v) is 4.69. The van der Waals surface area contributed by atoms with Gasteiger partial charge in [-0.05, 0) is 32.5 Å². The van der Waals surface area contributed by atoms with Gasteiger partial charge in [0.25, 0.3) is 0 Å². The predicted molar refractivity (Wildman–Crippen MR) is 70.4 cm³/mol. The predicted octanol–water partition coefficient (Wildman–Crippen LogP) is 2.51.